The molecule has 1 aromatic rings. The van der Waals surface area contributed by atoms with Crippen LogP contribution in [0.3, 0.4) is 0 Å². The third-order valence-corrected chi connectivity index (χ3v) is 3.02. The predicted molar refractivity (Wildman–Crippen MR) is 58.8 cm³/mol. The maximum Gasteiger partial charge on any atom is 0.0124 e. The molecule has 1 atom stereocenters. The molecule has 0 bridgehead atoms. The summed E-state index contributed by atoms with van der Waals surface area (Å²) in [7, 11) is 0. The summed E-state index contributed by atoms with van der Waals surface area (Å²) in [4.78, 5) is 0. The van der Waals surface area contributed by atoms with Gasteiger partial charge in [0.1, 0.15) is 0 Å². The quantitative estimate of drug-likeness (QED) is 0.612. The molecule has 0 heterocycles. The van der Waals surface area contributed by atoms with Crippen molar-refractivity contribution in [3.05, 3.63) is 48.6 Å². The van der Waals surface area contributed by atoms with Crippen LogP contribution in [0.25, 0.3) is 0 Å². The Kier molecular flexibility index (Phi) is 2.92. The number of hydrogen-bond acceptors (Lipinski definition) is 0. The van der Waals surface area contributed by atoms with Gasteiger partial charge in [0.25, 0.3) is 0 Å². The molecule has 0 spiro atoms. The van der Waals surface area contributed by atoms with E-state index in [0.717, 1.165) is 0 Å². The van der Waals surface area contributed by atoms with Gasteiger partial charge in [-0.1, -0.05) is 57.2 Å². The highest BCUT2D eigenvalue weighted by Gasteiger charge is 2.26. The Morgan fingerprint density at radius 2 is 1.77 bits per heavy atom. The van der Waals surface area contributed by atoms with Crippen LogP contribution in [0.5, 0.6) is 0 Å². The van der Waals surface area contributed by atoms with E-state index in [0.29, 0.717) is 5.92 Å². The van der Waals surface area contributed by atoms with E-state index in [9.17, 15) is 0 Å². The molecule has 0 fully saturated rings. The van der Waals surface area contributed by atoms with Crippen molar-refractivity contribution in [2.45, 2.75) is 26.2 Å². The molecule has 0 aliphatic carbocycles. The van der Waals surface area contributed by atoms with Crippen molar-refractivity contribution in [2.24, 2.45) is 5.92 Å². The Labute approximate surface area is 81.3 Å². The molecule has 0 N–H and O–H groups in total. The van der Waals surface area contributed by atoms with Gasteiger partial charge < -0.3 is 0 Å². The van der Waals surface area contributed by atoms with Crippen molar-refractivity contribution in [3.8, 4) is 0 Å². The van der Waals surface area contributed by atoms with Crippen molar-refractivity contribution >= 4 is 0 Å². The molecule has 0 heteroatoms. The summed E-state index contributed by atoms with van der Waals surface area (Å²) in [6.07, 6.45) is 2.05. The lowest BCUT2D eigenvalue weighted by Crippen LogP contribution is -2.25. The molecule has 13 heavy (non-hydrogen) atoms. The van der Waals surface area contributed by atoms with E-state index in [1.54, 1.807) is 0 Å². The monoisotopic (exact) mass is 174 g/mol. The largest absolute Gasteiger partial charge is 0.102 e. The van der Waals surface area contributed by atoms with E-state index in [1.165, 1.54) is 5.56 Å². The van der Waals surface area contributed by atoms with E-state index in [4.69, 9.17) is 0 Å². The number of rotatable bonds is 3. The molecule has 1 aromatic carbocycles. The van der Waals surface area contributed by atoms with E-state index < -0.39 is 0 Å². The topological polar surface area (TPSA) is 0 Å². The minimum atomic E-state index is 0.0985. The molecular formula is C13H18. The van der Waals surface area contributed by atoms with Crippen molar-refractivity contribution in [3.63, 3.8) is 0 Å². The summed E-state index contributed by atoms with van der Waals surface area (Å²) in [6.45, 7) is 10.6. The molecule has 0 saturated heterocycles. The zero-order valence-corrected chi connectivity index (χ0v) is 8.75. The highest BCUT2D eigenvalue weighted by Crippen LogP contribution is 2.32. The lowest BCUT2D eigenvalue weighted by Gasteiger charge is -2.30. The lowest BCUT2D eigenvalue weighted by molar-refractivity contribution is 0.421. The second-order valence-electron chi connectivity index (χ2n) is 4.01. The molecular weight excluding hydrogens is 156 g/mol. The average molecular weight is 174 g/mol. The Hall–Kier alpha value is -1.04. The van der Waals surface area contributed by atoms with Crippen LogP contribution >= 0.6 is 0 Å². The van der Waals surface area contributed by atoms with Crippen LogP contribution in [0.15, 0.2) is 43.0 Å². The van der Waals surface area contributed by atoms with Gasteiger partial charge in [-0.2, -0.15) is 0 Å². The summed E-state index contributed by atoms with van der Waals surface area (Å²) >= 11 is 0. The molecule has 0 saturated carbocycles. The second kappa shape index (κ2) is 3.78. The van der Waals surface area contributed by atoms with Gasteiger partial charge in [0.2, 0.25) is 0 Å². The Morgan fingerprint density at radius 3 is 2.15 bits per heavy atom. The molecule has 0 nitrogen and oxygen atoms in total. The summed E-state index contributed by atoms with van der Waals surface area (Å²) in [6, 6.07) is 10.6. The maximum absolute atomic E-state index is 3.93. The van der Waals surface area contributed by atoms with Crippen LogP contribution in [0, 0.1) is 5.92 Å². The second-order valence-corrected chi connectivity index (χ2v) is 4.01. The first-order chi connectivity index (χ1) is 6.11. The zero-order chi connectivity index (χ0) is 9.90. The van der Waals surface area contributed by atoms with Crippen molar-refractivity contribution < 1.29 is 0 Å². The zero-order valence-electron chi connectivity index (χ0n) is 8.75. The highest BCUT2D eigenvalue weighted by molar-refractivity contribution is 5.29. The number of benzene rings is 1. The third-order valence-electron chi connectivity index (χ3n) is 3.02. The molecule has 1 rings (SSSR count). The fourth-order valence-corrected chi connectivity index (χ4v) is 1.48. The van der Waals surface area contributed by atoms with Crippen LogP contribution in [-0.2, 0) is 5.41 Å². The van der Waals surface area contributed by atoms with E-state index in [1.807, 2.05) is 12.1 Å². The average Bonchev–Trinajstić information content (AvgIpc) is 2.17. The molecule has 0 aromatic heterocycles. The van der Waals surface area contributed by atoms with Crippen LogP contribution in [0.2, 0.25) is 0 Å². The normalized spacial score (nSPS) is 15.4. The SMILES string of the molecule is C=C[C@](C)(c1ccccc1)C(C)C. The first-order valence-electron chi connectivity index (χ1n) is 4.80. The van der Waals surface area contributed by atoms with Crippen LogP contribution in [0.1, 0.15) is 26.3 Å². The van der Waals surface area contributed by atoms with Gasteiger partial charge in [0.05, 0.1) is 0 Å². The molecule has 0 aliphatic heterocycles. The van der Waals surface area contributed by atoms with Crippen LogP contribution in [0.4, 0.5) is 0 Å². The van der Waals surface area contributed by atoms with Gasteiger partial charge in [-0.3, -0.25) is 0 Å². The number of allylic oxidation sites excluding steroid dienone is 1. The fraction of sp³-hybridized carbons (Fsp3) is 0.385. The first kappa shape index (κ1) is 10.0. The summed E-state index contributed by atoms with van der Waals surface area (Å²) < 4.78 is 0. The predicted octanol–water partition coefficient (Wildman–Crippen LogP) is 3.79. The van der Waals surface area contributed by atoms with Gasteiger partial charge >= 0.3 is 0 Å². The van der Waals surface area contributed by atoms with Crippen LogP contribution in [-0.4, -0.2) is 0 Å². The van der Waals surface area contributed by atoms with E-state index in [2.05, 4.69) is 51.6 Å². The fourth-order valence-electron chi connectivity index (χ4n) is 1.48. The number of hydrogen-bond donors (Lipinski definition) is 0. The summed E-state index contributed by atoms with van der Waals surface area (Å²) in [5.41, 5.74) is 1.45. The minimum Gasteiger partial charge on any atom is -0.102 e. The summed E-state index contributed by atoms with van der Waals surface area (Å²) in [5.74, 6) is 0.576. The Morgan fingerprint density at radius 1 is 1.23 bits per heavy atom. The smallest absolute Gasteiger partial charge is 0.0124 e. The van der Waals surface area contributed by atoms with Crippen molar-refractivity contribution in [1.82, 2.24) is 0 Å². The molecule has 0 radical (unpaired) electrons. The third kappa shape index (κ3) is 1.82. The van der Waals surface area contributed by atoms with Gasteiger partial charge in [-0.15, -0.1) is 6.58 Å². The molecule has 70 valence electrons. The highest BCUT2D eigenvalue weighted by atomic mass is 14.3. The van der Waals surface area contributed by atoms with Crippen molar-refractivity contribution in [2.75, 3.05) is 0 Å². The summed E-state index contributed by atoms with van der Waals surface area (Å²) in [5, 5.41) is 0. The van der Waals surface area contributed by atoms with Gasteiger partial charge in [-0.05, 0) is 11.5 Å². The minimum absolute atomic E-state index is 0.0985. The Balaban J connectivity index is 3.10. The molecule has 0 amide bonds. The molecule has 0 aliphatic rings. The maximum atomic E-state index is 3.93. The molecule has 0 unspecified atom stereocenters. The lowest BCUT2D eigenvalue weighted by atomic mass is 9.74. The first-order valence-corrected chi connectivity index (χ1v) is 4.80. The van der Waals surface area contributed by atoms with Gasteiger partial charge in [0.15, 0.2) is 0 Å². The van der Waals surface area contributed by atoms with E-state index in [-0.39, 0.29) is 5.41 Å². The van der Waals surface area contributed by atoms with Gasteiger partial charge in [0, 0.05) is 5.41 Å². The Bertz CT molecular complexity index is 271. The van der Waals surface area contributed by atoms with Gasteiger partial charge in [-0.25, -0.2) is 0 Å². The van der Waals surface area contributed by atoms with Crippen LogP contribution < -0.4 is 0 Å². The van der Waals surface area contributed by atoms with E-state index >= 15 is 0 Å². The standard InChI is InChI=1S/C13H18/c1-5-13(4,11(2)3)12-9-7-6-8-10-12/h5-11H,1H2,2-4H3/t13-/m0/s1. The van der Waals surface area contributed by atoms with Crippen molar-refractivity contribution in [1.29, 1.82) is 0 Å².